The van der Waals surface area contributed by atoms with Crippen molar-refractivity contribution in [2.75, 3.05) is 7.11 Å². The normalized spacial score (nSPS) is 10.9. The molecule has 0 spiro atoms. The zero-order valence-corrected chi connectivity index (χ0v) is 12.1. The quantitative estimate of drug-likeness (QED) is 0.652. The molecule has 0 aliphatic carbocycles. The topological polar surface area (TPSA) is 39.9 Å². The third-order valence-electron chi connectivity index (χ3n) is 2.82. The van der Waals surface area contributed by atoms with Crippen molar-refractivity contribution >= 4 is 33.5 Å². The van der Waals surface area contributed by atoms with Crippen LogP contribution in [0.1, 0.15) is 0 Å². The minimum Gasteiger partial charge on any atom is -0.494 e. The highest BCUT2D eigenvalue weighted by molar-refractivity contribution is 14.1. The maximum atomic E-state index is 14.1. The molecular weight excluding hydrogens is 360 g/mol. The average molecular weight is 369 g/mol. The number of ether oxygens (including phenoxy) is 1. The summed E-state index contributed by atoms with van der Waals surface area (Å²) in [6.07, 6.45) is 3.35. The number of hydrogen-bond donors (Lipinski definition) is 0. The molecule has 0 radical (unpaired) electrons. The van der Waals surface area contributed by atoms with Crippen molar-refractivity contribution in [3.8, 4) is 11.4 Å². The number of benzene rings is 1. The van der Waals surface area contributed by atoms with Gasteiger partial charge in [0.25, 0.3) is 0 Å². The van der Waals surface area contributed by atoms with Gasteiger partial charge in [0.1, 0.15) is 15.1 Å². The fourth-order valence-electron chi connectivity index (χ4n) is 1.96. The second-order valence-corrected chi connectivity index (χ2v) is 4.91. The number of halogens is 2. The van der Waals surface area contributed by atoms with Gasteiger partial charge < -0.3 is 4.74 Å². The van der Waals surface area contributed by atoms with Crippen LogP contribution in [0, 0.1) is 9.52 Å². The van der Waals surface area contributed by atoms with Gasteiger partial charge in [-0.15, -0.1) is 0 Å². The molecule has 0 fully saturated rings. The van der Waals surface area contributed by atoms with E-state index in [1.165, 1.54) is 17.9 Å². The van der Waals surface area contributed by atoms with Crippen LogP contribution >= 0.6 is 22.6 Å². The second-order valence-electron chi connectivity index (χ2n) is 3.89. The molecule has 19 heavy (non-hydrogen) atoms. The van der Waals surface area contributed by atoms with Crippen LogP contribution in [-0.4, -0.2) is 21.9 Å². The van der Waals surface area contributed by atoms with E-state index in [9.17, 15) is 4.39 Å². The predicted molar refractivity (Wildman–Crippen MR) is 78.1 cm³/mol. The van der Waals surface area contributed by atoms with Gasteiger partial charge in [0.05, 0.1) is 18.8 Å². The van der Waals surface area contributed by atoms with Crippen molar-refractivity contribution in [3.63, 3.8) is 0 Å². The summed E-state index contributed by atoms with van der Waals surface area (Å²) in [5, 5.41) is 5.30. The van der Waals surface area contributed by atoms with Gasteiger partial charge in [0.15, 0.2) is 5.82 Å². The minimum absolute atomic E-state index is 0.297. The second kappa shape index (κ2) is 4.76. The summed E-state index contributed by atoms with van der Waals surface area (Å²) in [5.41, 5.74) is 1.04. The van der Waals surface area contributed by atoms with Gasteiger partial charge in [0.2, 0.25) is 0 Å². The molecule has 0 saturated carbocycles. The van der Waals surface area contributed by atoms with Gasteiger partial charge in [0, 0.05) is 11.6 Å². The lowest BCUT2D eigenvalue weighted by molar-refractivity contribution is 0.407. The Hall–Kier alpha value is -1.70. The van der Waals surface area contributed by atoms with Gasteiger partial charge >= 0.3 is 0 Å². The molecule has 6 heteroatoms. The van der Waals surface area contributed by atoms with E-state index in [2.05, 4.69) is 32.7 Å². The van der Waals surface area contributed by atoms with Crippen LogP contribution in [0.4, 0.5) is 4.39 Å². The molecule has 1 aromatic carbocycles. The predicted octanol–water partition coefficient (Wildman–Crippen LogP) is 3.17. The van der Waals surface area contributed by atoms with Crippen LogP contribution in [-0.2, 0) is 0 Å². The highest BCUT2D eigenvalue weighted by Gasteiger charge is 2.17. The Balaban J connectivity index is 2.37. The molecule has 0 N–H and O–H groups in total. The van der Waals surface area contributed by atoms with E-state index in [4.69, 9.17) is 4.74 Å². The van der Waals surface area contributed by atoms with Gasteiger partial charge in [-0.3, -0.25) is 4.98 Å². The third-order valence-corrected chi connectivity index (χ3v) is 3.62. The zero-order valence-electron chi connectivity index (χ0n) is 9.97. The number of aromatic nitrogens is 3. The van der Waals surface area contributed by atoms with Gasteiger partial charge in [-0.05, 0) is 40.8 Å². The summed E-state index contributed by atoms with van der Waals surface area (Å²) in [6.45, 7) is 0. The number of rotatable bonds is 2. The molecule has 96 valence electrons. The van der Waals surface area contributed by atoms with E-state index in [0.29, 0.717) is 11.4 Å². The Kier molecular flexibility index (Phi) is 3.09. The first-order chi connectivity index (χ1) is 9.22. The van der Waals surface area contributed by atoms with Crippen molar-refractivity contribution in [2.45, 2.75) is 0 Å². The molecule has 0 aliphatic heterocycles. The standard InChI is InChI=1S/C13H9FIN3O/c1-19-11-4-2-3-9(14)12(11)18-10-7-16-6-5-8(10)13(15)17-18/h2-7H,1H3. The molecule has 2 heterocycles. The number of pyridine rings is 1. The van der Waals surface area contributed by atoms with Crippen molar-refractivity contribution in [1.29, 1.82) is 0 Å². The van der Waals surface area contributed by atoms with Crippen LogP contribution in [0.15, 0.2) is 36.7 Å². The molecular formula is C13H9FIN3O. The lowest BCUT2D eigenvalue weighted by Crippen LogP contribution is -2.03. The monoisotopic (exact) mass is 369 g/mol. The fourth-order valence-corrected chi connectivity index (χ4v) is 2.63. The Morgan fingerprint density at radius 2 is 2.16 bits per heavy atom. The number of nitrogens with zero attached hydrogens (tertiary/aromatic N) is 3. The number of fused-ring (bicyclic) bond motifs is 1. The highest BCUT2D eigenvalue weighted by atomic mass is 127. The first-order valence-electron chi connectivity index (χ1n) is 5.53. The maximum Gasteiger partial charge on any atom is 0.152 e. The smallest absolute Gasteiger partial charge is 0.152 e. The molecule has 0 bridgehead atoms. The van der Waals surface area contributed by atoms with Crippen molar-refractivity contribution in [2.24, 2.45) is 0 Å². The van der Waals surface area contributed by atoms with Gasteiger partial charge in [-0.2, -0.15) is 5.10 Å². The van der Waals surface area contributed by atoms with Crippen molar-refractivity contribution in [3.05, 3.63) is 46.2 Å². The number of methoxy groups -OCH3 is 1. The van der Waals surface area contributed by atoms with E-state index in [-0.39, 0.29) is 5.82 Å². The van der Waals surface area contributed by atoms with E-state index in [0.717, 1.165) is 14.6 Å². The molecule has 3 aromatic rings. The van der Waals surface area contributed by atoms with Crippen molar-refractivity contribution in [1.82, 2.24) is 14.8 Å². The Morgan fingerprint density at radius 1 is 1.32 bits per heavy atom. The lowest BCUT2D eigenvalue weighted by Gasteiger charge is -2.10. The average Bonchev–Trinajstić information content (AvgIpc) is 2.76. The summed E-state index contributed by atoms with van der Waals surface area (Å²) < 4.78 is 21.6. The van der Waals surface area contributed by atoms with E-state index in [1.807, 2.05) is 6.07 Å². The molecule has 0 aliphatic rings. The first kappa shape index (κ1) is 12.3. The molecule has 0 atom stereocenters. The summed E-state index contributed by atoms with van der Waals surface area (Å²) >= 11 is 2.12. The Labute approximate surface area is 122 Å². The summed E-state index contributed by atoms with van der Waals surface area (Å²) in [6, 6.07) is 6.55. The van der Waals surface area contributed by atoms with Crippen LogP contribution in [0.2, 0.25) is 0 Å². The van der Waals surface area contributed by atoms with E-state index < -0.39 is 0 Å². The molecule has 4 nitrogen and oxygen atoms in total. The Morgan fingerprint density at radius 3 is 2.95 bits per heavy atom. The lowest BCUT2D eigenvalue weighted by atomic mass is 10.2. The van der Waals surface area contributed by atoms with Crippen LogP contribution in [0.25, 0.3) is 16.6 Å². The Bertz CT molecular complexity index is 757. The summed E-state index contributed by atoms with van der Waals surface area (Å²) in [5.74, 6) is 0.0497. The molecule has 2 aromatic heterocycles. The van der Waals surface area contributed by atoms with Crippen molar-refractivity contribution < 1.29 is 9.13 Å². The van der Waals surface area contributed by atoms with E-state index >= 15 is 0 Å². The molecule has 3 rings (SSSR count). The summed E-state index contributed by atoms with van der Waals surface area (Å²) in [7, 11) is 1.51. The fraction of sp³-hybridized carbons (Fsp3) is 0.0769. The number of para-hydroxylation sites is 1. The zero-order chi connectivity index (χ0) is 13.4. The van der Waals surface area contributed by atoms with Gasteiger partial charge in [-0.1, -0.05) is 6.07 Å². The third kappa shape index (κ3) is 1.95. The van der Waals surface area contributed by atoms with Gasteiger partial charge in [-0.25, -0.2) is 9.07 Å². The minimum atomic E-state index is -0.385. The maximum absolute atomic E-state index is 14.1. The first-order valence-corrected chi connectivity index (χ1v) is 6.61. The number of hydrogen-bond acceptors (Lipinski definition) is 3. The highest BCUT2D eigenvalue weighted by Crippen LogP contribution is 2.29. The molecule has 0 unspecified atom stereocenters. The summed E-state index contributed by atoms with van der Waals surface area (Å²) in [4.78, 5) is 4.07. The van der Waals surface area contributed by atoms with Crippen LogP contribution in [0.5, 0.6) is 5.75 Å². The molecule has 0 saturated heterocycles. The SMILES string of the molecule is COc1cccc(F)c1-n1nc(I)c2ccncc21. The largest absolute Gasteiger partial charge is 0.494 e. The van der Waals surface area contributed by atoms with Crippen LogP contribution < -0.4 is 4.74 Å². The van der Waals surface area contributed by atoms with Crippen LogP contribution in [0.3, 0.4) is 0 Å². The van der Waals surface area contributed by atoms with E-state index in [1.54, 1.807) is 24.5 Å². The molecule has 0 amide bonds.